The van der Waals surface area contributed by atoms with Gasteiger partial charge in [0, 0.05) is 31.1 Å². The predicted octanol–water partition coefficient (Wildman–Crippen LogP) is 1.47. The van der Waals surface area contributed by atoms with E-state index in [0.29, 0.717) is 13.0 Å². The minimum absolute atomic E-state index is 0.0935. The summed E-state index contributed by atoms with van der Waals surface area (Å²) < 4.78 is 1.88. The number of nitrogens with two attached hydrogens (primary N) is 1. The first-order valence-corrected chi connectivity index (χ1v) is 6.83. The van der Waals surface area contributed by atoms with Crippen molar-refractivity contribution >= 4 is 11.6 Å². The summed E-state index contributed by atoms with van der Waals surface area (Å²) in [5.74, 6) is 0.0935. The summed E-state index contributed by atoms with van der Waals surface area (Å²) in [5.41, 5.74) is 10.9. The second kappa shape index (κ2) is 5.09. The highest BCUT2D eigenvalue weighted by atomic mass is 16.1. The van der Waals surface area contributed by atoms with Crippen molar-refractivity contribution in [3.05, 3.63) is 35.5 Å². The van der Waals surface area contributed by atoms with Gasteiger partial charge >= 0.3 is 0 Å². The fraction of sp³-hybridized carbons (Fsp3) is 0.333. The number of nitrogens with zero attached hydrogens (tertiary/aromatic N) is 2. The van der Waals surface area contributed by atoms with Gasteiger partial charge in [-0.15, -0.1) is 0 Å². The summed E-state index contributed by atoms with van der Waals surface area (Å²) in [6.45, 7) is 0.604. The molecule has 2 heterocycles. The Bertz CT molecular complexity index is 660. The van der Waals surface area contributed by atoms with E-state index in [1.807, 2.05) is 23.9 Å². The van der Waals surface area contributed by atoms with Crippen LogP contribution in [-0.2, 0) is 24.7 Å². The van der Waals surface area contributed by atoms with Crippen LogP contribution in [0.15, 0.2) is 24.3 Å². The molecule has 5 heteroatoms. The van der Waals surface area contributed by atoms with Crippen LogP contribution >= 0.6 is 0 Å². The number of anilines is 1. The van der Waals surface area contributed by atoms with Gasteiger partial charge in [-0.25, -0.2) is 0 Å². The minimum Gasteiger partial charge on any atom is -0.330 e. The van der Waals surface area contributed by atoms with E-state index in [1.54, 1.807) is 0 Å². The summed E-state index contributed by atoms with van der Waals surface area (Å²) in [5, 5.41) is 7.37. The van der Waals surface area contributed by atoms with Crippen LogP contribution in [0.2, 0.25) is 0 Å². The Balaban J connectivity index is 1.96. The topological polar surface area (TPSA) is 72.9 Å². The molecule has 5 nitrogen and oxygen atoms in total. The van der Waals surface area contributed by atoms with Crippen LogP contribution in [0, 0.1) is 0 Å². The summed E-state index contributed by atoms with van der Waals surface area (Å²) >= 11 is 0. The Labute approximate surface area is 117 Å². The highest BCUT2D eigenvalue weighted by Crippen LogP contribution is 2.28. The lowest BCUT2D eigenvalue weighted by Crippen LogP contribution is -2.18. The average Bonchev–Trinajstić information content (AvgIpc) is 2.79. The second-order valence-electron chi connectivity index (χ2n) is 5.10. The molecule has 104 valence electrons. The Kier molecular flexibility index (Phi) is 3.28. The van der Waals surface area contributed by atoms with Crippen molar-refractivity contribution in [2.24, 2.45) is 12.8 Å². The van der Waals surface area contributed by atoms with E-state index in [2.05, 4.69) is 22.5 Å². The fourth-order valence-corrected chi connectivity index (χ4v) is 2.61. The van der Waals surface area contributed by atoms with Gasteiger partial charge < -0.3 is 11.1 Å². The molecule has 0 bridgehead atoms. The molecule has 0 radical (unpaired) electrons. The van der Waals surface area contributed by atoms with Crippen LogP contribution in [0.3, 0.4) is 0 Å². The SMILES string of the molecule is Cn1nc(CCN)cc1-c1ccc2c(c1)CCC(=O)N2. The fourth-order valence-electron chi connectivity index (χ4n) is 2.61. The van der Waals surface area contributed by atoms with Gasteiger partial charge in [0.15, 0.2) is 0 Å². The monoisotopic (exact) mass is 270 g/mol. The Morgan fingerprint density at radius 1 is 1.35 bits per heavy atom. The van der Waals surface area contributed by atoms with Gasteiger partial charge in [0.25, 0.3) is 0 Å². The van der Waals surface area contributed by atoms with E-state index in [0.717, 1.165) is 35.5 Å². The quantitative estimate of drug-likeness (QED) is 0.887. The first-order chi connectivity index (χ1) is 9.67. The zero-order valence-corrected chi connectivity index (χ0v) is 11.5. The largest absolute Gasteiger partial charge is 0.330 e. The van der Waals surface area contributed by atoms with Gasteiger partial charge in [0.2, 0.25) is 5.91 Å². The predicted molar refractivity (Wildman–Crippen MR) is 78.4 cm³/mol. The summed E-state index contributed by atoms with van der Waals surface area (Å²) in [7, 11) is 1.94. The molecular weight excluding hydrogens is 252 g/mol. The van der Waals surface area contributed by atoms with E-state index in [4.69, 9.17) is 5.73 Å². The maximum absolute atomic E-state index is 11.4. The number of rotatable bonds is 3. The third-order valence-corrected chi connectivity index (χ3v) is 3.63. The Morgan fingerprint density at radius 3 is 3.00 bits per heavy atom. The average molecular weight is 270 g/mol. The van der Waals surface area contributed by atoms with Gasteiger partial charge in [-0.05, 0) is 36.7 Å². The van der Waals surface area contributed by atoms with Gasteiger partial charge in [0.05, 0.1) is 11.4 Å². The molecule has 3 rings (SSSR count). The molecule has 0 atom stereocenters. The molecule has 0 fully saturated rings. The van der Waals surface area contributed by atoms with Gasteiger partial charge in [-0.3, -0.25) is 9.48 Å². The molecule has 1 aliphatic heterocycles. The lowest BCUT2D eigenvalue weighted by Gasteiger charge is -2.17. The zero-order valence-electron chi connectivity index (χ0n) is 11.5. The van der Waals surface area contributed by atoms with Crippen molar-refractivity contribution < 1.29 is 4.79 Å². The molecule has 2 aromatic rings. The smallest absolute Gasteiger partial charge is 0.224 e. The van der Waals surface area contributed by atoms with Crippen LogP contribution < -0.4 is 11.1 Å². The molecule has 1 aromatic carbocycles. The molecule has 0 spiro atoms. The van der Waals surface area contributed by atoms with Crippen molar-refractivity contribution in [2.75, 3.05) is 11.9 Å². The highest BCUT2D eigenvalue weighted by molar-refractivity contribution is 5.94. The third-order valence-electron chi connectivity index (χ3n) is 3.63. The number of fused-ring (bicyclic) bond motifs is 1. The second-order valence-corrected chi connectivity index (χ2v) is 5.10. The number of carbonyl (C=O) groups is 1. The minimum atomic E-state index is 0.0935. The first kappa shape index (κ1) is 12.9. The van der Waals surface area contributed by atoms with Crippen molar-refractivity contribution in [2.45, 2.75) is 19.3 Å². The van der Waals surface area contributed by atoms with Crippen molar-refractivity contribution in [3.8, 4) is 11.3 Å². The lowest BCUT2D eigenvalue weighted by molar-refractivity contribution is -0.116. The molecule has 20 heavy (non-hydrogen) atoms. The van der Waals surface area contributed by atoms with Crippen molar-refractivity contribution in [3.63, 3.8) is 0 Å². The maximum atomic E-state index is 11.4. The number of aromatic nitrogens is 2. The maximum Gasteiger partial charge on any atom is 0.224 e. The van der Waals surface area contributed by atoms with E-state index >= 15 is 0 Å². The first-order valence-electron chi connectivity index (χ1n) is 6.83. The van der Waals surface area contributed by atoms with E-state index in [-0.39, 0.29) is 5.91 Å². The van der Waals surface area contributed by atoms with Gasteiger partial charge in [0.1, 0.15) is 0 Å². The summed E-state index contributed by atoms with van der Waals surface area (Å²) in [6.07, 6.45) is 2.14. The van der Waals surface area contributed by atoms with E-state index < -0.39 is 0 Å². The highest BCUT2D eigenvalue weighted by Gasteiger charge is 2.16. The van der Waals surface area contributed by atoms with Gasteiger partial charge in [-0.2, -0.15) is 5.10 Å². The molecule has 3 N–H and O–H groups in total. The van der Waals surface area contributed by atoms with Crippen LogP contribution in [-0.4, -0.2) is 22.2 Å². The number of amides is 1. The molecule has 1 amide bonds. The third kappa shape index (κ3) is 2.32. The summed E-state index contributed by atoms with van der Waals surface area (Å²) in [4.78, 5) is 11.4. The van der Waals surface area contributed by atoms with Crippen LogP contribution in [0.4, 0.5) is 5.69 Å². The Morgan fingerprint density at radius 2 is 2.20 bits per heavy atom. The number of hydrogen-bond donors (Lipinski definition) is 2. The standard InChI is InChI=1S/C15H18N4O/c1-19-14(9-12(18-19)6-7-16)11-2-4-13-10(8-11)3-5-15(20)17-13/h2,4,8-9H,3,5-7,16H2,1H3,(H,17,20). The summed E-state index contributed by atoms with van der Waals surface area (Å²) in [6, 6.07) is 8.21. The molecule has 1 aliphatic rings. The van der Waals surface area contributed by atoms with E-state index in [1.165, 1.54) is 5.56 Å². The van der Waals surface area contributed by atoms with Crippen molar-refractivity contribution in [1.82, 2.24) is 9.78 Å². The number of benzene rings is 1. The molecule has 1 aromatic heterocycles. The number of carbonyl (C=O) groups excluding carboxylic acids is 1. The van der Waals surface area contributed by atoms with Crippen LogP contribution in [0.5, 0.6) is 0 Å². The van der Waals surface area contributed by atoms with Crippen LogP contribution in [0.25, 0.3) is 11.3 Å². The number of hydrogen-bond acceptors (Lipinski definition) is 3. The molecule has 0 saturated carbocycles. The zero-order chi connectivity index (χ0) is 14.1. The van der Waals surface area contributed by atoms with Crippen LogP contribution in [0.1, 0.15) is 17.7 Å². The molecular formula is C15H18N4O. The number of nitrogens with one attached hydrogen (secondary N) is 1. The van der Waals surface area contributed by atoms with Crippen molar-refractivity contribution in [1.29, 1.82) is 0 Å². The molecule has 0 aliphatic carbocycles. The molecule has 0 saturated heterocycles. The van der Waals surface area contributed by atoms with Gasteiger partial charge in [-0.1, -0.05) is 6.07 Å². The Hall–Kier alpha value is -2.14. The lowest BCUT2D eigenvalue weighted by atomic mass is 9.99. The van der Waals surface area contributed by atoms with E-state index in [9.17, 15) is 4.79 Å². The normalized spacial score (nSPS) is 14.0. The molecule has 0 unspecified atom stereocenters. The number of aryl methyl sites for hydroxylation is 2.